The third kappa shape index (κ3) is 3.78. The predicted molar refractivity (Wildman–Crippen MR) is 108 cm³/mol. The minimum Gasteiger partial charge on any atom is -0.481 e. The van der Waals surface area contributed by atoms with Gasteiger partial charge in [-0.2, -0.15) is 0 Å². The molecule has 0 bridgehead atoms. The molecule has 4 rings (SSSR count). The Morgan fingerprint density at radius 3 is 2.96 bits per heavy atom. The van der Waals surface area contributed by atoms with Crippen LogP contribution < -0.4 is 4.90 Å². The van der Waals surface area contributed by atoms with Crippen molar-refractivity contribution in [3.8, 4) is 5.69 Å². The first-order valence-electron chi connectivity index (χ1n) is 8.88. The summed E-state index contributed by atoms with van der Waals surface area (Å²) in [6.07, 6.45) is 6.09. The van der Waals surface area contributed by atoms with E-state index >= 15 is 0 Å². The first-order valence-corrected chi connectivity index (χ1v) is 9.64. The van der Waals surface area contributed by atoms with E-state index < -0.39 is 5.97 Å². The smallest absolute Gasteiger partial charge is 0.305 e. The van der Waals surface area contributed by atoms with Crippen LogP contribution in [-0.2, 0) is 9.53 Å². The molecular formula is C19H18Cl2N4O3. The Labute approximate surface area is 171 Å². The lowest BCUT2D eigenvalue weighted by Gasteiger charge is -2.20. The first kappa shape index (κ1) is 19.0. The van der Waals surface area contributed by atoms with E-state index in [0.717, 1.165) is 29.9 Å². The molecule has 3 aromatic rings. The molecule has 1 atom stereocenters. The standard InChI is InChI=1S/C19H18Cl2N4O3/c20-14-2-1-13-15(25-7-5-22-11-25)9-16(23-19(13)18(14)21)24-6-3-12(10-24)28-8-4-17(26)27/h1-2,5,7,9,11-12H,3-4,6,8,10H2,(H,26,27)/t12-/m0/s1. The van der Waals surface area contributed by atoms with Gasteiger partial charge in [-0.05, 0) is 18.6 Å². The van der Waals surface area contributed by atoms with Gasteiger partial charge < -0.3 is 19.3 Å². The zero-order chi connectivity index (χ0) is 19.7. The first-order chi connectivity index (χ1) is 13.5. The van der Waals surface area contributed by atoms with Crippen molar-refractivity contribution in [2.45, 2.75) is 18.9 Å². The Morgan fingerprint density at radius 2 is 2.21 bits per heavy atom. The van der Waals surface area contributed by atoms with Gasteiger partial charge in [-0.3, -0.25) is 4.79 Å². The molecule has 0 spiro atoms. The molecule has 0 saturated carbocycles. The maximum absolute atomic E-state index is 10.7. The van der Waals surface area contributed by atoms with E-state index in [4.69, 9.17) is 38.0 Å². The number of anilines is 1. The second kappa shape index (κ2) is 7.95. The predicted octanol–water partition coefficient (Wildman–Crippen LogP) is 3.80. The summed E-state index contributed by atoms with van der Waals surface area (Å²) in [6.45, 7) is 1.61. The van der Waals surface area contributed by atoms with Crippen LogP contribution in [0, 0.1) is 0 Å². The molecule has 146 valence electrons. The van der Waals surface area contributed by atoms with E-state index in [-0.39, 0.29) is 19.1 Å². The second-order valence-corrected chi connectivity index (χ2v) is 7.38. The van der Waals surface area contributed by atoms with Crippen LogP contribution in [0.4, 0.5) is 5.82 Å². The fourth-order valence-corrected chi connectivity index (χ4v) is 3.72. The zero-order valence-electron chi connectivity index (χ0n) is 14.9. The number of ether oxygens (including phenoxy) is 1. The van der Waals surface area contributed by atoms with Gasteiger partial charge in [-0.25, -0.2) is 9.97 Å². The van der Waals surface area contributed by atoms with E-state index in [0.29, 0.717) is 22.1 Å². The van der Waals surface area contributed by atoms with Crippen LogP contribution in [0.1, 0.15) is 12.8 Å². The summed E-state index contributed by atoms with van der Waals surface area (Å²) >= 11 is 12.7. The Morgan fingerprint density at radius 1 is 1.36 bits per heavy atom. The number of imidazole rings is 1. The Kier molecular flexibility index (Phi) is 5.39. The average Bonchev–Trinajstić information content (AvgIpc) is 3.36. The minimum atomic E-state index is -0.859. The summed E-state index contributed by atoms with van der Waals surface area (Å²) in [7, 11) is 0. The van der Waals surface area contributed by atoms with Crippen molar-refractivity contribution in [2.24, 2.45) is 0 Å². The van der Waals surface area contributed by atoms with Crippen LogP contribution in [0.5, 0.6) is 0 Å². The molecule has 28 heavy (non-hydrogen) atoms. The largest absolute Gasteiger partial charge is 0.481 e. The summed E-state index contributed by atoms with van der Waals surface area (Å²) in [5.41, 5.74) is 1.54. The number of carbonyl (C=O) groups is 1. The molecular weight excluding hydrogens is 403 g/mol. The van der Waals surface area contributed by atoms with E-state index in [1.807, 2.05) is 22.9 Å². The van der Waals surface area contributed by atoms with Gasteiger partial charge in [0.2, 0.25) is 0 Å². The van der Waals surface area contributed by atoms with E-state index in [2.05, 4.69) is 9.88 Å². The molecule has 1 fully saturated rings. The van der Waals surface area contributed by atoms with Crippen molar-refractivity contribution in [1.82, 2.24) is 14.5 Å². The summed E-state index contributed by atoms with van der Waals surface area (Å²) in [5, 5.41) is 10.5. The normalized spacial score (nSPS) is 16.8. The van der Waals surface area contributed by atoms with Gasteiger partial charge in [0.25, 0.3) is 0 Å². The van der Waals surface area contributed by atoms with Crippen molar-refractivity contribution in [1.29, 1.82) is 0 Å². The molecule has 1 aliphatic heterocycles. The topological polar surface area (TPSA) is 80.5 Å². The highest BCUT2D eigenvalue weighted by Crippen LogP contribution is 2.35. The second-order valence-electron chi connectivity index (χ2n) is 6.60. The van der Waals surface area contributed by atoms with E-state index in [1.54, 1.807) is 18.6 Å². The molecule has 9 heteroatoms. The van der Waals surface area contributed by atoms with Crippen molar-refractivity contribution in [3.63, 3.8) is 0 Å². The van der Waals surface area contributed by atoms with Crippen LogP contribution in [0.3, 0.4) is 0 Å². The number of fused-ring (bicyclic) bond motifs is 1. The minimum absolute atomic E-state index is 0.00358. The van der Waals surface area contributed by atoms with Gasteiger partial charge in [-0.1, -0.05) is 23.2 Å². The average molecular weight is 421 g/mol. The number of rotatable bonds is 6. The van der Waals surface area contributed by atoms with Crippen LogP contribution in [0.15, 0.2) is 36.9 Å². The Balaban J connectivity index is 1.66. The molecule has 1 aromatic carbocycles. The molecule has 0 radical (unpaired) electrons. The highest BCUT2D eigenvalue weighted by atomic mass is 35.5. The molecule has 0 amide bonds. The SMILES string of the molecule is O=C(O)CCO[C@H]1CCN(c2cc(-n3ccnc3)c3ccc(Cl)c(Cl)c3n2)C1. The lowest BCUT2D eigenvalue weighted by Crippen LogP contribution is -2.24. The quantitative estimate of drug-likeness (QED) is 0.652. The molecule has 0 unspecified atom stereocenters. The van der Waals surface area contributed by atoms with E-state index in [1.165, 1.54) is 0 Å². The third-order valence-electron chi connectivity index (χ3n) is 4.76. The highest BCUT2D eigenvalue weighted by molar-refractivity contribution is 6.45. The number of hydrogen-bond acceptors (Lipinski definition) is 5. The monoisotopic (exact) mass is 420 g/mol. The molecule has 3 heterocycles. The summed E-state index contributed by atoms with van der Waals surface area (Å²) in [4.78, 5) is 21.7. The molecule has 1 saturated heterocycles. The molecule has 0 aliphatic carbocycles. The Bertz CT molecular complexity index is 1010. The number of benzene rings is 1. The number of carboxylic acids is 1. The number of halogens is 2. The van der Waals surface area contributed by atoms with Gasteiger partial charge in [0.15, 0.2) is 0 Å². The van der Waals surface area contributed by atoms with Gasteiger partial charge >= 0.3 is 5.97 Å². The molecule has 7 nitrogen and oxygen atoms in total. The molecule has 1 aliphatic rings. The van der Waals surface area contributed by atoms with Gasteiger partial charge in [0.05, 0.1) is 46.7 Å². The summed E-state index contributed by atoms with van der Waals surface area (Å²) in [6, 6.07) is 5.65. The number of carboxylic acid groups (broad SMARTS) is 1. The molecule has 1 N–H and O–H groups in total. The van der Waals surface area contributed by atoms with Crippen molar-refractivity contribution >= 4 is 45.9 Å². The van der Waals surface area contributed by atoms with Crippen LogP contribution >= 0.6 is 23.2 Å². The maximum atomic E-state index is 10.7. The van der Waals surface area contributed by atoms with Crippen molar-refractivity contribution < 1.29 is 14.6 Å². The lowest BCUT2D eigenvalue weighted by atomic mass is 10.1. The van der Waals surface area contributed by atoms with E-state index in [9.17, 15) is 4.79 Å². The zero-order valence-corrected chi connectivity index (χ0v) is 16.4. The van der Waals surface area contributed by atoms with Gasteiger partial charge in [0, 0.05) is 36.9 Å². The highest BCUT2D eigenvalue weighted by Gasteiger charge is 2.25. The molecule has 2 aromatic heterocycles. The third-order valence-corrected chi connectivity index (χ3v) is 5.55. The maximum Gasteiger partial charge on any atom is 0.305 e. The van der Waals surface area contributed by atoms with Gasteiger partial charge in [0.1, 0.15) is 5.82 Å². The van der Waals surface area contributed by atoms with Gasteiger partial charge in [-0.15, -0.1) is 0 Å². The lowest BCUT2D eigenvalue weighted by molar-refractivity contribution is -0.138. The fourth-order valence-electron chi connectivity index (χ4n) is 3.37. The number of hydrogen-bond donors (Lipinski definition) is 1. The van der Waals surface area contributed by atoms with Crippen LogP contribution in [0.25, 0.3) is 16.6 Å². The fraction of sp³-hybridized carbons (Fsp3) is 0.316. The van der Waals surface area contributed by atoms with Crippen LogP contribution in [0.2, 0.25) is 10.0 Å². The summed E-state index contributed by atoms with van der Waals surface area (Å²) in [5.74, 6) is -0.0905. The number of nitrogens with zero attached hydrogens (tertiary/aromatic N) is 4. The number of aromatic nitrogens is 3. The Hall–Kier alpha value is -2.35. The number of aliphatic carboxylic acids is 1. The summed E-state index contributed by atoms with van der Waals surface area (Å²) < 4.78 is 7.60. The van der Waals surface area contributed by atoms with Crippen LogP contribution in [-0.4, -0.2) is 51.4 Å². The number of pyridine rings is 1. The van der Waals surface area contributed by atoms with Crippen molar-refractivity contribution in [2.75, 3.05) is 24.6 Å². The van der Waals surface area contributed by atoms with Crippen molar-refractivity contribution in [3.05, 3.63) is 47.0 Å².